The highest BCUT2D eigenvalue weighted by Gasteiger charge is 2.32. The Morgan fingerprint density at radius 1 is 0.545 bits per heavy atom. The fourth-order valence-corrected chi connectivity index (χ4v) is 5.99. The van der Waals surface area contributed by atoms with E-state index in [1.165, 1.54) is 12.8 Å². The lowest BCUT2D eigenvalue weighted by Crippen LogP contribution is -2.42. The SMILES string of the molecule is CC(C)(C)C(=O)C1CCCC1.CC(C)C(=O)C(C)(C)C.CC(C)[C@H](N)C(=O)C(C)(C)C.CCC(=O)C(C)(C)C.CCCCOC(=O)C(C)(C)C.C[C@@H](CC(=O)OC(C)(C)C)C(=O)C(C)(C)C. The van der Waals surface area contributed by atoms with E-state index >= 15 is 0 Å². The van der Waals surface area contributed by atoms with Crippen molar-refractivity contribution >= 4 is 40.9 Å². The Labute approximate surface area is 408 Å². The molecular formula is C56H109NO9. The van der Waals surface area contributed by atoms with Crippen LogP contribution in [0.25, 0.3) is 0 Å². The van der Waals surface area contributed by atoms with Crippen molar-refractivity contribution in [2.24, 2.45) is 61.9 Å². The molecule has 2 N–H and O–H groups in total. The first kappa shape index (κ1) is 72.2. The highest BCUT2D eigenvalue weighted by Crippen LogP contribution is 2.32. The minimum atomic E-state index is -0.485. The Morgan fingerprint density at radius 2 is 0.939 bits per heavy atom. The fourth-order valence-electron chi connectivity index (χ4n) is 5.99. The standard InChI is InChI=1S/C13H24O3.C10H18O.C9H19NO.C9H18O2.C8H16O.C7H14O/c1-9(11(15)12(2,3)4)8-10(14)16-13(5,6)7;1-10(2,3)9(11)8-6-4-5-7-8;1-6(2)7(10)8(11)9(3,4)5;1-5-6-7-11-8(10)9(2,3)4;1-6(2)7(9)8(3,4)5;1-5-6(8)7(2,3)4/h9H,8H2,1-7H3;8H,4-7H2,1-3H3;6-7H,10H2,1-5H3;5-7H2,1-4H3;6H,1-5H3;5H2,1-4H3/t9-;;7-;;;/m0.0.../s1. The summed E-state index contributed by atoms with van der Waals surface area (Å²) in [5, 5.41) is 0. The van der Waals surface area contributed by atoms with Crippen molar-refractivity contribution in [3.63, 3.8) is 0 Å². The molecule has 0 radical (unpaired) electrons. The van der Waals surface area contributed by atoms with E-state index in [0.29, 0.717) is 36.3 Å². The number of rotatable bonds is 11. The average molecular weight is 940 g/mol. The van der Waals surface area contributed by atoms with Crippen LogP contribution in [0.15, 0.2) is 0 Å². The van der Waals surface area contributed by atoms with Gasteiger partial charge >= 0.3 is 11.9 Å². The van der Waals surface area contributed by atoms with Gasteiger partial charge in [0.15, 0.2) is 5.78 Å². The molecule has 2 atom stereocenters. The zero-order valence-corrected chi connectivity index (χ0v) is 48.5. The Kier molecular flexibility index (Phi) is 34.4. The second-order valence-electron chi connectivity index (χ2n) is 25.8. The number of hydrogen-bond acceptors (Lipinski definition) is 10. The molecule has 0 saturated heterocycles. The highest BCUT2D eigenvalue weighted by molar-refractivity contribution is 5.89. The van der Waals surface area contributed by atoms with Crippen LogP contribution in [0, 0.1) is 56.2 Å². The summed E-state index contributed by atoms with van der Waals surface area (Å²) in [7, 11) is 0. The minimum absolute atomic E-state index is 0.0957. The molecule has 1 saturated carbocycles. The largest absolute Gasteiger partial charge is 0.465 e. The molecule has 0 bridgehead atoms. The minimum Gasteiger partial charge on any atom is -0.465 e. The van der Waals surface area contributed by atoms with Crippen LogP contribution in [0.5, 0.6) is 0 Å². The molecule has 392 valence electrons. The van der Waals surface area contributed by atoms with Crippen LogP contribution in [0.4, 0.5) is 0 Å². The van der Waals surface area contributed by atoms with Crippen molar-refractivity contribution in [2.45, 2.75) is 257 Å². The van der Waals surface area contributed by atoms with E-state index in [2.05, 4.69) is 6.92 Å². The van der Waals surface area contributed by atoms with Crippen molar-refractivity contribution < 1.29 is 43.0 Å². The van der Waals surface area contributed by atoms with Crippen LogP contribution >= 0.6 is 0 Å². The van der Waals surface area contributed by atoms with Gasteiger partial charge in [0.05, 0.1) is 24.5 Å². The number of esters is 2. The molecule has 0 aromatic rings. The molecule has 0 spiro atoms. The average Bonchev–Trinajstić information content (AvgIpc) is 3.66. The maximum atomic E-state index is 11.9. The molecular weight excluding hydrogens is 831 g/mol. The molecule has 0 aromatic carbocycles. The summed E-state index contributed by atoms with van der Waals surface area (Å²) in [6.07, 6.45) is 7.63. The zero-order chi connectivity index (χ0) is 54.2. The lowest BCUT2D eigenvalue weighted by atomic mass is 9.82. The molecule has 1 fully saturated rings. The van der Waals surface area contributed by atoms with Gasteiger partial charge in [-0.15, -0.1) is 0 Å². The summed E-state index contributed by atoms with van der Waals surface area (Å²) in [6, 6.07) is -0.310. The quantitative estimate of drug-likeness (QED) is 0.156. The summed E-state index contributed by atoms with van der Waals surface area (Å²) >= 11 is 0. The second kappa shape index (κ2) is 31.4. The summed E-state index contributed by atoms with van der Waals surface area (Å²) in [5.41, 5.74) is 3.75. The zero-order valence-electron chi connectivity index (χ0n) is 48.5. The Morgan fingerprint density at radius 3 is 1.15 bits per heavy atom. The van der Waals surface area contributed by atoms with Crippen LogP contribution in [0.2, 0.25) is 0 Å². The second-order valence-corrected chi connectivity index (χ2v) is 25.8. The predicted molar refractivity (Wildman–Crippen MR) is 277 cm³/mol. The number of ketones is 5. The number of unbranched alkanes of at least 4 members (excludes halogenated alkanes) is 1. The normalized spacial score (nSPS) is 14.4. The van der Waals surface area contributed by atoms with Crippen LogP contribution < -0.4 is 5.73 Å². The van der Waals surface area contributed by atoms with Gasteiger partial charge in [-0.05, 0) is 66.7 Å². The maximum absolute atomic E-state index is 11.9. The van der Waals surface area contributed by atoms with Crippen LogP contribution in [-0.4, -0.2) is 59.1 Å². The Hall–Kier alpha value is -2.75. The molecule has 0 heterocycles. The van der Waals surface area contributed by atoms with E-state index in [1.807, 2.05) is 180 Å². The molecule has 1 aliphatic rings. The van der Waals surface area contributed by atoms with E-state index in [0.717, 1.165) is 25.7 Å². The molecule has 1 rings (SSSR count). The van der Waals surface area contributed by atoms with Crippen molar-refractivity contribution in [2.75, 3.05) is 6.61 Å². The predicted octanol–water partition coefficient (Wildman–Crippen LogP) is 14.0. The van der Waals surface area contributed by atoms with Crippen molar-refractivity contribution in [1.82, 2.24) is 0 Å². The third kappa shape index (κ3) is 38.2. The summed E-state index contributed by atoms with van der Waals surface area (Å²) in [5.74, 6) is 1.47. The molecule has 0 amide bonds. The first-order valence-electron chi connectivity index (χ1n) is 24.9. The first-order chi connectivity index (χ1) is 29.0. The topological polar surface area (TPSA) is 164 Å². The summed E-state index contributed by atoms with van der Waals surface area (Å²) < 4.78 is 10.2. The van der Waals surface area contributed by atoms with Crippen molar-refractivity contribution in [3.05, 3.63) is 0 Å². The smallest absolute Gasteiger partial charge is 0.311 e. The lowest BCUT2D eigenvalue weighted by Gasteiger charge is -2.23. The van der Waals surface area contributed by atoms with Crippen LogP contribution in [0.1, 0.15) is 245 Å². The molecule has 1 aliphatic carbocycles. The van der Waals surface area contributed by atoms with Gasteiger partial charge in [-0.3, -0.25) is 33.6 Å². The van der Waals surface area contributed by atoms with E-state index < -0.39 is 11.0 Å². The first-order valence-corrected chi connectivity index (χ1v) is 24.9. The summed E-state index contributed by atoms with van der Waals surface area (Å²) in [4.78, 5) is 79.6. The number of Topliss-reactive ketones (excluding diaryl/α,β-unsaturated/α-hetero) is 5. The van der Waals surface area contributed by atoms with Crippen LogP contribution in [0.3, 0.4) is 0 Å². The van der Waals surface area contributed by atoms with Crippen molar-refractivity contribution in [1.29, 1.82) is 0 Å². The van der Waals surface area contributed by atoms with E-state index in [-0.39, 0.29) is 80.8 Å². The number of hydrogen-bond donors (Lipinski definition) is 1. The number of carbonyl (C=O) groups is 7. The maximum Gasteiger partial charge on any atom is 0.311 e. The Bertz CT molecular complexity index is 1410. The number of ether oxygens (including phenoxy) is 2. The Balaban J connectivity index is -0.000000229. The van der Waals surface area contributed by atoms with E-state index in [9.17, 15) is 33.6 Å². The molecule has 0 aliphatic heterocycles. The van der Waals surface area contributed by atoms with Gasteiger partial charge in [-0.2, -0.15) is 0 Å². The molecule has 10 heteroatoms. The van der Waals surface area contributed by atoms with Gasteiger partial charge in [0, 0.05) is 51.2 Å². The molecule has 0 aromatic heterocycles. The highest BCUT2D eigenvalue weighted by atomic mass is 16.6. The van der Waals surface area contributed by atoms with Gasteiger partial charge < -0.3 is 15.2 Å². The van der Waals surface area contributed by atoms with Gasteiger partial charge in [0.2, 0.25) is 0 Å². The number of carbonyl (C=O) groups excluding carboxylic acids is 7. The molecule has 0 unspecified atom stereocenters. The van der Waals surface area contributed by atoms with E-state index in [1.54, 1.807) is 6.92 Å². The van der Waals surface area contributed by atoms with Gasteiger partial charge in [0.1, 0.15) is 28.7 Å². The number of nitrogens with two attached hydrogens (primary N) is 1. The third-order valence-corrected chi connectivity index (χ3v) is 10.1. The third-order valence-electron chi connectivity index (χ3n) is 10.1. The fraction of sp³-hybridized carbons (Fsp3) is 0.875. The van der Waals surface area contributed by atoms with Crippen LogP contribution in [-0.2, 0) is 43.0 Å². The summed E-state index contributed by atoms with van der Waals surface area (Å²) in [6.45, 7) is 54.2. The van der Waals surface area contributed by atoms with Crippen molar-refractivity contribution in [3.8, 4) is 0 Å². The molecule has 66 heavy (non-hydrogen) atoms. The van der Waals surface area contributed by atoms with Gasteiger partial charge in [0.25, 0.3) is 0 Å². The monoisotopic (exact) mass is 940 g/mol. The van der Waals surface area contributed by atoms with E-state index in [4.69, 9.17) is 15.2 Å². The van der Waals surface area contributed by atoms with Gasteiger partial charge in [-0.1, -0.05) is 172 Å². The molecule has 10 nitrogen and oxygen atoms in total. The van der Waals surface area contributed by atoms with Gasteiger partial charge in [-0.25, -0.2) is 0 Å². The lowest BCUT2D eigenvalue weighted by molar-refractivity contribution is -0.157.